The molecule has 0 spiro atoms. The fourth-order valence-corrected chi connectivity index (χ4v) is 2.95. The molecular weight excluding hydrogens is 385 g/mol. The first kappa shape index (κ1) is 22.6. The second-order valence-electron chi connectivity index (χ2n) is 7.07. The second-order valence-corrected chi connectivity index (χ2v) is 7.07. The Balaban J connectivity index is 2.41. The summed E-state index contributed by atoms with van der Waals surface area (Å²) in [6.45, 7) is 5.20. The summed E-state index contributed by atoms with van der Waals surface area (Å²) in [7, 11) is 0. The number of carbonyl (C=O) groups is 3. The standard InChI is InChI=1S/C20H26FNO7/c1-4-22-12-8-15(24)17-16(9-12)28-6-5-14(23)19(26)18(25)13(21)7-10(2)11(3)29-20(17)27/h8-11,13,18,22,24-25H,4-7H2,1-3H3/t10-,11+,13?,18?/m1/s1. The number of anilines is 1. The molecule has 1 heterocycles. The van der Waals surface area contributed by atoms with E-state index in [1.807, 2.05) is 6.92 Å². The molecule has 0 aliphatic carbocycles. The van der Waals surface area contributed by atoms with Gasteiger partial charge in [-0.25, -0.2) is 9.18 Å². The molecule has 2 unspecified atom stereocenters. The number of rotatable bonds is 2. The number of Topliss-reactive ketones (excluding diaryl/α,β-unsaturated/α-hetero) is 2. The van der Waals surface area contributed by atoms with Crippen LogP contribution in [0.25, 0.3) is 0 Å². The number of aromatic hydroxyl groups is 1. The topological polar surface area (TPSA) is 122 Å². The van der Waals surface area contributed by atoms with Gasteiger partial charge in [-0.15, -0.1) is 0 Å². The number of ketones is 2. The van der Waals surface area contributed by atoms with Crippen molar-refractivity contribution in [1.29, 1.82) is 0 Å². The summed E-state index contributed by atoms with van der Waals surface area (Å²) < 4.78 is 25.1. The van der Waals surface area contributed by atoms with E-state index in [0.29, 0.717) is 12.2 Å². The number of ether oxygens (including phenoxy) is 2. The molecule has 3 N–H and O–H groups in total. The molecule has 1 aliphatic heterocycles. The van der Waals surface area contributed by atoms with E-state index in [1.54, 1.807) is 6.92 Å². The molecule has 29 heavy (non-hydrogen) atoms. The predicted octanol–water partition coefficient (Wildman–Crippen LogP) is 2.02. The monoisotopic (exact) mass is 411 g/mol. The number of fused-ring (bicyclic) bond motifs is 1. The van der Waals surface area contributed by atoms with Crippen molar-refractivity contribution in [1.82, 2.24) is 0 Å². The SMILES string of the molecule is CCNc1cc(O)c2c(c1)OCCC(=O)C(=O)C(O)C(F)C[C@@H](C)[C@H](C)OC2=O. The normalized spacial score (nSPS) is 26.7. The van der Waals surface area contributed by atoms with E-state index in [9.17, 15) is 29.0 Å². The summed E-state index contributed by atoms with van der Waals surface area (Å²) in [4.78, 5) is 36.6. The first-order chi connectivity index (χ1) is 13.6. The molecule has 8 nitrogen and oxygen atoms in total. The van der Waals surface area contributed by atoms with Crippen LogP contribution in [0.1, 0.15) is 44.0 Å². The lowest BCUT2D eigenvalue weighted by Gasteiger charge is -2.24. The van der Waals surface area contributed by atoms with Gasteiger partial charge in [0.25, 0.3) is 0 Å². The van der Waals surface area contributed by atoms with E-state index in [4.69, 9.17) is 9.47 Å². The molecule has 1 aliphatic rings. The average Bonchev–Trinajstić information content (AvgIpc) is 2.65. The van der Waals surface area contributed by atoms with Crippen molar-refractivity contribution < 1.29 is 38.5 Å². The van der Waals surface area contributed by atoms with Crippen molar-refractivity contribution in [3.63, 3.8) is 0 Å². The Hall–Kier alpha value is -2.68. The Bertz CT molecular complexity index is 782. The number of aliphatic hydroxyl groups excluding tert-OH is 1. The van der Waals surface area contributed by atoms with Crippen molar-refractivity contribution in [2.45, 2.75) is 52.0 Å². The summed E-state index contributed by atoms with van der Waals surface area (Å²) in [6, 6.07) is 2.81. The summed E-state index contributed by atoms with van der Waals surface area (Å²) in [5.74, 6) is -4.03. The van der Waals surface area contributed by atoms with Gasteiger partial charge in [-0.1, -0.05) is 6.92 Å². The minimum absolute atomic E-state index is 0.0213. The van der Waals surface area contributed by atoms with E-state index < -0.39 is 48.3 Å². The number of alkyl halides is 1. The van der Waals surface area contributed by atoms with Gasteiger partial charge in [0, 0.05) is 30.8 Å². The Morgan fingerprint density at radius 2 is 1.93 bits per heavy atom. The molecule has 0 amide bonds. The van der Waals surface area contributed by atoms with Gasteiger partial charge in [-0.05, 0) is 26.2 Å². The lowest BCUT2D eigenvalue weighted by atomic mass is 9.94. The van der Waals surface area contributed by atoms with Gasteiger partial charge < -0.3 is 25.0 Å². The molecular formula is C20H26FNO7. The van der Waals surface area contributed by atoms with Crippen LogP contribution in [0.2, 0.25) is 0 Å². The lowest BCUT2D eigenvalue weighted by Crippen LogP contribution is -2.39. The van der Waals surface area contributed by atoms with Crippen LogP contribution in [-0.2, 0) is 14.3 Å². The van der Waals surface area contributed by atoms with Crippen LogP contribution in [0, 0.1) is 5.92 Å². The number of nitrogens with one attached hydrogen (secondary N) is 1. The maximum atomic E-state index is 14.3. The number of hydrogen-bond acceptors (Lipinski definition) is 8. The molecule has 0 saturated carbocycles. The van der Waals surface area contributed by atoms with Crippen molar-refractivity contribution >= 4 is 23.2 Å². The van der Waals surface area contributed by atoms with Crippen LogP contribution in [0.15, 0.2) is 12.1 Å². The molecule has 9 heteroatoms. The van der Waals surface area contributed by atoms with Gasteiger partial charge in [0.05, 0.1) is 6.61 Å². The third-order valence-electron chi connectivity index (χ3n) is 4.83. The Labute approximate surface area is 168 Å². The molecule has 4 atom stereocenters. The lowest BCUT2D eigenvalue weighted by molar-refractivity contribution is -0.144. The Kier molecular flexibility index (Phi) is 7.55. The first-order valence-electron chi connectivity index (χ1n) is 9.49. The number of carbonyl (C=O) groups excluding carboxylic acids is 3. The Morgan fingerprint density at radius 1 is 1.24 bits per heavy atom. The average molecular weight is 411 g/mol. The number of phenols is 1. The van der Waals surface area contributed by atoms with Crippen LogP contribution in [0.4, 0.5) is 10.1 Å². The number of aliphatic hydroxyl groups is 1. The van der Waals surface area contributed by atoms with Crippen LogP contribution in [-0.4, -0.2) is 59.3 Å². The van der Waals surface area contributed by atoms with E-state index in [0.717, 1.165) is 0 Å². The van der Waals surface area contributed by atoms with Crippen LogP contribution in [0.5, 0.6) is 11.5 Å². The van der Waals surface area contributed by atoms with E-state index in [-0.39, 0.29) is 30.1 Å². The molecule has 0 aromatic heterocycles. The number of cyclic esters (lactones) is 1. The van der Waals surface area contributed by atoms with Crippen molar-refractivity contribution in [3.05, 3.63) is 17.7 Å². The quantitative estimate of drug-likeness (QED) is 0.499. The van der Waals surface area contributed by atoms with Crippen LogP contribution in [0.3, 0.4) is 0 Å². The zero-order valence-corrected chi connectivity index (χ0v) is 16.6. The zero-order chi connectivity index (χ0) is 21.7. The number of esters is 1. The van der Waals surface area contributed by atoms with Gasteiger partial charge >= 0.3 is 5.97 Å². The van der Waals surface area contributed by atoms with Gasteiger partial charge in [-0.3, -0.25) is 9.59 Å². The molecule has 1 aromatic rings. The highest BCUT2D eigenvalue weighted by molar-refractivity contribution is 6.39. The third-order valence-corrected chi connectivity index (χ3v) is 4.83. The zero-order valence-electron chi connectivity index (χ0n) is 16.6. The molecule has 0 saturated heterocycles. The van der Waals surface area contributed by atoms with Crippen molar-refractivity contribution in [2.24, 2.45) is 5.92 Å². The van der Waals surface area contributed by atoms with Gasteiger partial charge in [-0.2, -0.15) is 0 Å². The number of phenolic OH excluding ortho intramolecular Hbond substituents is 1. The molecule has 1 aromatic carbocycles. The Morgan fingerprint density at radius 3 is 2.59 bits per heavy atom. The van der Waals surface area contributed by atoms with Crippen LogP contribution < -0.4 is 10.1 Å². The minimum atomic E-state index is -2.08. The number of benzene rings is 1. The summed E-state index contributed by atoms with van der Waals surface area (Å²) in [5.41, 5.74) is 0.260. The molecule has 0 fully saturated rings. The fourth-order valence-electron chi connectivity index (χ4n) is 2.95. The highest BCUT2D eigenvalue weighted by Gasteiger charge is 2.34. The highest BCUT2D eigenvalue weighted by atomic mass is 19.1. The van der Waals surface area contributed by atoms with E-state index in [1.165, 1.54) is 19.1 Å². The predicted molar refractivity (Wildman–Crippen MR) is 102 cm³/mol. The fraction of sp³-hybridized carbons (Fsp3) is 0.550. The van der Waals surface area contributed by atoms with E-state index in [2.05, 4.69) is 5.32 Å². The number of halogens is 1. The molecule has 160 valence electrons. The largest absolute Gasteiger partial charge is 0.507 e. The smallest absolute Gasteiger partial charge is 0.346 e. The van der Waals surface area contributed by atoms with Gasteiger partial charge in [0.15, 0.2) is 6.10 Å². The highest BCUT2D eigenvalue weighted by Crippen LogP contribution is 2.34. The van der Waals surface area contributed by atoms with Gasteiger partial charge in [0.2, 0.25) is 11.6 Å². The third kappa shape index (κ3) is 5.44. The molecule has 0 bridgehead atoms. The van der Waals surface area contributed by atoms with Crippen molar-refractivity contribution in [2.75, 3.05) is 18.5 Å². The van der Waals surface area contributed by atoms with Crippen molar-refractivity contribution in [3.8, 4) is 11.5 Å². The minimum Gasteiger partial charge on any atom is -0.507 e. The maximum Gasteiger partial charge on any atom is 0.346 e. The maximum absolute atomic E-state index is 14.3. The summed E-state index contributed by atoms with van der Waals surface area (Å²) in [5, 5.41) is 23.1. The van der Waals surface area contributed by atoms with Crippen LogP contribution >= 0.6 is 0 Å². The first-order valence-corrected chi connectivity index (χ1v) is 9.49. The summed E-state index contributed by atoms with van der Waals surface area (Å²) >= 11 is 0. The molecule has 2 rings (SSSR count). The number of hydrogen-bond donors (Lipinski definition) is 3. The second kappa shape index (κ2) is 9.69. The van der Waals surface area contributed by atoms with E-state index >= 15 is 0 Å². The summed E-state index contributed by atoms with van der Waals surface area (Å²) in [6.07, 6.45) is -5.55. The molecule has 0 radical (unpaired) electrons. The van der Waals surface area contributed by atoms with Gasteiger partial charge in [0.1, 0.15) is 29.3 Å².